The molecule has 2 atom stereocenters. The van der Waals surface area contributed by atoms with Crippen molar-refractivity contribution in [2.75, 3.05) is 7.11 Å². The molecule has 0 heterocycles. The van der Waals surface area contributed by atoms with Crippen LogP contribution in [-0.4, -0.2) is 18.8 Å². The maximum absolute atomic E-state index is 11.5. The smallest absolute Gasteiger partial charge is 0.309 e. The lowest BCUT2D eigenvalue weighted by Crippen LogP contribution is -2.08. The zero-order chi connectivity index (χ0) is 9.61. The standard InChI is InChI=1S/C6H14NO3PS/c1-4-6(2)12-11(9,10-3)7-5-8/h5-6H,4H2,1-3H3,(H,7,8,9). The average molecular weight is 211 g/mol. The summed E-state index contributed by atoms with van der Waals surface area (Å²) in [5.41, 5.74) is 0. The van der Waals surface area contributed by atoms with E-state index in [1.54, 1.807) is 0 Å². The Balaban J connectivity index is 4.13. The molecule has 4 nitrogen and oxygen atoms in total. The van der Waals surface area contributed by atoms with Gasteiger partial charge in [-0.15, -0.1) is 0 Å². The fraction of sp³-hybridized carbons (Fsp3) is 0.833. The van der Waals surface area contributed by atoms with E-state index >= 15 is 0 Å². The molecule has 0 saturated carbocycles. The van der Waals surface area contributed by atoms with Crippen LogP contribution in [0.4, 0.5) is 0 Å². The molecule has 0 radical (unpaired) electrons. The van der Waals surface area contributed by atoms with Gasteiger partial charge in [0.05, 0.1) is 0 Å². The Labute approximate surface area is 76.7 Å². The molecule has 0 aliphatic rings. The molecule has 0 aromatic carbocycles. The highest BCUT2D eigenvalue weighted by molar-refractivity contribution is 8.56. The first-order valence-corrected chi connectivity index (χ1v) is 6.74. The first-order valence-electron chi connectivity index (χ1n) is 3.63. The number of amides is 1. The van der Waals surface area contributed by atoms with Crippen molar-refractivity contribution < 1.29 is 13.9 Å². The molecule has 2 unspecified atom stereocenters. The second-order valence-corrected chi connectivity index (χ2v) is 6.96. The van der Waals surface area contributed by atoms with Gasteiger partial charge in [-0.2, -0.15) is 0 Å². The van der Waals surface area contributed by atoms with E-state index in [0.717, 1.165) is 17.8 Å². The lowest BCUT2D eigenvalue weighted by molar-refractivity contribution is -0.108. The van der Waals surface area contributed by atoms with Crippen LogP contribution in [0, 0.1) is 0 Å². The van der Waals surface area contributed by atoms with Crippen LogP contribution in [0.1, 0.15) is 20.3 Å². The van der Waals surface area contributed by atoms with Crippen LogP contribution >= 0.6 is 18.1 Å². The van der Waals surface area contributed by atoms with Crippen LogP contribution in [0.2, 0.25) is 0 Å². The summed E-state index contributed by atoms with van der Waals surface area (Å²) in [5.74, 6) is 0. The largest absolute Gasteiger partial charge is 0.353 e. The lowest BCUT2D eigenvalue weighted by atomic mass is 10.4. The molecule has 0 spiro atoms. The summed E-state index contributed by atoms with van der Waals surface area (Å²) in [6, 6.07) is 0. The van der Waals surface area contributed by atoms with E-state index in [0.29, 0.717) is 6.41 Å². The maximum Gasteiger partial charge on any atom is 0.353 e. The zero-order valence-electron chi connectivity index (χ0n) is 7.44. The van der Waals surface area contributed by atoms with Crippen molar-refractivity contribution in [1.82, 2.24) is 5.09 Å². The molecule has 0 aliphatic carbocycles. The van der Waals surface area contributed by atoms with E-state index in [9.17, 15) is 9.36 Å². The number of carbonyl (C=O) groups is 1. The van der Waals surface area contributed by atoms with Crippen molar-refractivity contribution in [1.29, 1.82) is 0 Å². The normalized spacial score (nSPS) is 17.9. The molecule has 0 aliphatic heterocycles. The van der Waals surface area contributed by atoms with Gasteiger partial charge in [-0.25, -0.2) is 0 Å². The molecule has 12 heavy (non-hydrogen) atoms. The van der Waals surface area contributed by atoms with E-state index < -0.39 is 6.72 Å². The van der Waals surface area contributed by atoms with Crippen LogP contribution in [0.3, 0.4) is 0 Å². The van der Waals surface area contributed by atoms with Gasteiger partial charge >= 0.3 is 6.72 Å². The summed E-state index contributed by atoms with van der Waals surface area (Å²) in [7, 11) is 1.33. The zero-order valence-corrected chi connectivity index (χ0v) is 9.15. The Morgan fingerprint density at radius 2 is 2.33 bits per heavy atom. The van der Waals surface area contributed by atoms with Gasteiger partial charge in [0.1, 0.15) is 0 Å². The van der Waals surface area contributed by atoms with Gasteiger partial charge in [0.15, 0.2) is 0 Å². The molecule has 0 aromatic rings. The predicted molar refractivity (Wildman–Crippen MR) is 51.2 cm³/mol. The highest BCUT2D eigenvalue weighted by atomic mass is 32.7. The Bertz CT molecular complexity index is 188. The van der Waals surface area contributed by atoms with Gasteiger partial charge in [-0.05, 0) is 17.8 Å². The lowest BCUT2D eigenvalue weighted by Gasteiger charge is -2.16. The Morgan fingerprint density at radius 1 is 1.75 bits per heavy atom. The summed E-state index contributed by atoms with van der Waals surface area (Å²) >= 11 is 1.16. The van der Waals surface area contributed by atoms with Crippen molar-refractivity contribution in [2.24, 2.45) is 0 Å². The number of rotatable bonds is 6. The Kier molecular flexibility index (Phi) is 5.63. The highest BCUT2D eigenvalue weighted by Crippen LogP contribution is 2.57. The molecule has 1 N–H and O–H groups in total. The van der Waals surface area contributed by atoms with Gasteiger partial charge in [-0.1, -0.05) is 13.8 Å². The molecule has 0 saturated heterocycles. The monoisotopic (exact) mass is 211 g/mol. The van der Waals surface area contributed by atoms with Gasteiger partial charge in [0.2, 0.25) is 6.41 Å². The third-order valence-corrected chi connectivity index (χ3v) is 5.89. The summed E-state index contributed by atoms with van der Waals surface area (Å²) in [6.07, 6.45) is 1.29. The van der Waals surface area contributed by atoms with E-state index in [1.165, 1.54) is 7.11 Å². The second kappa shape index (κ2) is 5.62. The third kappa shape index (κ3) is 4.14. The van der Waals surface area contributed by atoms with Crippen LogP contribution in [0.5, 0.6) is 0 Å². The minimum absolute atomic E-state index is 0.211. The number of carbonyl (C=O) groups excluding carboxylic acids is 1. The SMILES string of the molecule is CCC(C)SP(=O)(NC=O)OC. The van der Waals surface area contributed by atoms with Crippen molar-refractivity contribution in [3.8, 4) is 0 Å². The number of hydrogen-bond donors (Lipinski definition) is 1. The summed E-state index contributed by atoms with van der Waals surface area (Å²) in [4.78, 5) is 10.1. The fourth-order valence-corrected chi connectivity index (χ4v) is 3.94. The Hall–Kier alpha value is 0.0100. The van der Waals surface area contributed by atoms with Crippen molar-refractivity contribution in [3.63, 3.8) is 0 Å². The molecule has 1 amide bonds. The minimum atomic E-state index is -2.97. The van der Waals surface area contributed by atoms with Crippen LogP contribution in [0.25, 0.3) is 0 Å². The van der Waals surface area contributed by atoms with E-state index in [1.807, 2.05) is 13.8 Å². The third-order valence-electron chi connectivity index (χ3n) is 1.34. The highest BCUT2D eigenvalue weighted by Gasteiger charge is 2.23. The summed E-state index contributed by atoms with van der Waals surface area (Å²) in [6.45, 7) is 0.944. The summed E-state index contributed by atoms with van der Waals surface area (Å²) < 4.78 is 16.3. The topological polar surface area (TPSA) is 55.4 Å². The quantitative estimate of drug-likeness (QED) is 0.539. The van der Waals surface area contributed by atoms with E-state index in [4.69, 9.17) is 4.52 Å². The molecule has 72 valence electrons. The van der Waals surface area contributed by atoms with Gasteiger partial charge in [-0.3, -0.25) is 14.4 Å². The van der Waals surface area contributed by atoms with Crippen LogP contribution in [0.15, 0.2) is 0 Å². The van der Waals surface area contributed by atoms with Crippen molar-refractivity contribution in [3.05, 3.63) is 0 Å². The van der Waals surface area contributed by atoms with Crippen molar-refractivity contribution >= 4 is 24.5 Å². The maximum atomic E-state index is 11.5. The second-order valence-electron chi connectivity index (χ2n) is 2.25. The Morgan fingerprint density at radius 3 is 2.67 bits per heavy atom. The van der Waals surface area contributed by atoms with Gasteiger partial charge in [0, 0.05) is 12.4 Å². The van der Waals surface area contributed by atoms with E-state index in [2.05, 4.69) is 5.09 Å². The fourth-order valence-electron chi connectivity index (χ4n) is 0.502. The number of hydrogen-bond acceptors (Lipinski definition) is 4. The predicted octanol–water partition coefficient (Wildman–Crippen LogP) is 2.02. The molecule has 6 heteroatoms. The molecule has 0 rings (SSSR count). The molecule has 0 aromatic heterocycles. The molecular weight excluding hydrogens is 197 g/mol. The van der Waals surface area contributed by atoms with Crippen molar-refractivity contribution in [2.45, 2.75) is 25.5 Å². The molecule has 0 fully saturated rings. The van der Waals surface area contributed by atoms with E-state index in [-0.39, 0.29) is 5.25 Å². The van der Waals surface area contributed by atoms with Crippen LogP contribution < -0.4 is 5.09 Å². The first kappa shape index (κ1) is 12.0. The summed E-state index contributed by atoms with van der Waals surface area (Å²) in [5, 5.41) is 2.40. The average Bonchev–Trinajstić information content (AvgIpc) is 2.05. The molecular formula is C6H14NO3PS. The number of nitrogens with one attached hydrogen (secondary N) is 1. The minimum Gasteiger partial charge on any atom is -0.309 e. The van der Waals surface area contributed by atoms with Gasteiger partial charge < -0.3 is 4.52 Å². The van der Waals surface area contributed by atoms with Gasteiger partial charge in [0.25, 0.3) is 0 Å². The molecule has 0 bridgehead atoms. The van der Waals surface area contributed by atoms with Crippen LogP contribution in [-0.2, 0) is 13.9 Å². The first-order chi connectivity index (χ1) is 5.58.